The van der Waals surface area contributed by atoms with Crippen LogP contribution in [0.25, 0.3) is 0 Å². The second-order valence-electron chi connectivity index (χ2n) is 3.51. The Morgan fingerprint density at radius 3 is 2.93 bits per heavy atom. The standard InChI is InChI=1S/C10H19N5/c1-3-4-5-8-15(2)9-6-7-12-10(13-9)14-11/h6-7H,3-5,8,11H2,1-2H3,(H,12,13,14). The summed E-state index contributed by atoms with van der Waals surface area (Å²) < 4.78 is 0. The minimum atomic E-state index is 0.454. The van der Waals surface area contributed by atoms with Gasteiger partial charge in [0.25, 0.3) is 0 Å². The second-order valence-corrected chi connectivity index (χ2v) is 3.51. The van der Waals surface area contributed by atoms with E-state index in [4.69, 9.17) is 5.84 Å². The van der Waals surface area contributed by atoms with Gasteiger partial charge in [-0.3, -0.25) is 5.43 Å². The normalized spacial score (nSPS) is 10.1. The topological polar surface area (TPSA) is 67.1 Å². The Balaban J connectivity index is 2.52. The first kappa shape index (κ1) is 11.7. The van der Waals surface area contributed by atoms with E-state index in [0.29, 0.717) is 5.95 Å². The number of anilines is 2. The minimum Gasteiger partial charge on any atom is -0.360 e. The molecule has 0 aliphatic heterocycles. The fourth-order valence-electron chi connectivity index (χ4n) is 1.34. The summed E-state index contributed by atoms with van der Waals surface area (Å²) in [4.78, 5) is 10.3. The van der Waals surface area contributed by atoms with Crippen LogP contribution in [-0.2, 0) is 0 Å². The van der Waals surface area contributed by atoms with Crippen molar-refractivity contribution >= 4 is 11.8 Å². The van der Waals surface area contributed by atoms with Gasteiger partial charge in [0.2, 0.25) is 5.95 Å². The van der Waals surface area contributed by atoms with E-state index in [1.807, 2.05) is 13.1 Å². The Kier molecular flexibility index (Phi) is 4.83. The van der Waals surface area contributed by atoms with E-state index in [9.17, 15) is 0 Å². The summed E-state index contributed by atoms with van der Waals surface area (Å²) in [5, 5.41) is 0. The van der Waals surface area contributed by atoms with Crippen LogP contribution in [0.5, 0.6) is 0 Å². The molecule has 0 radical (unpaired) electrons. The number of rotatable bonds is 6. The maximum absolute atomic E-state index is 5.25. The van der Waals surface area contributed by atoms with Gasteiger partial charge in [-0.1, -0.05) is 19.8 Å². The van der Waals surface area contributed by atoms with E-state index in [0.717, 1.165) is 12.4 Å². The van der Waals surface area contributed by atoms with Gasteiger partial charge in [0.05, 0.1) is 0 Å². The van der Waals surface area contributed by atoms with Gasteiger partial charge in [-0.05, 0) is 12.5 Å². The van der Waals surface area contributed by atoms with Gasteiger partial charge in [-0.15, -0.1) is 0 Å². The fraction of sp³-hybridized carbons (Fsp3) is 0.600. The summed E-state index contributed by atoms with van der Waals surface area (Å²) in [6.45, 7) is 3.20. The van der Waals surface area contributed by atoms with E-state index >= 15 is 0 Å². The van der Waals surface area contributed by atoms with Crippen molar-refractivity contribution in [1.29, 1.82) is 0 Å². The van der Waals surface area contributed by atoms with Crippen LogP contribution >= 0.6 is 0 Å². The Morgan fingerprint density at radius 1 is 1.47 bits per heavy atom. The first-order valence-corrected chi connectivity index (χ1v) is 5.28. The van der Waals surface area contributed by atoms with Crippen LogP contribution in [-0.4, -0.2) is 23.6 Å². The molecule has 0 amide bonds. The SMILES string of the molecule is CCCCCN(C)c1ccnc(NN)n1. The van der Waals surface area contributed by atoms with Crippen LogP contribution in [0.4, 0.5) is 11.8 Å². The zero-order chi connectivity index (χ0) is 11.1. The first-order valence-electron chi connectivity index (χ1n) is 5.28. The van der Waals surface area contributed by atoms with Gasteiger partial charge >= 0.3 is 0 Å². The van der Waals surface area contributed by atoms with Crippen molar-refractivity contribution in [2.75, 3.05) is 23.9 Å². The molecular formula is C10H19N5. The number of unbranched alkanes of at least 4 members (excludes halogenated alkanes) is 2. The van der Waals surface area contributed by atoms with Crippen LogP contribution in [0.2, 0.25) is 0 Å². The maximum Gasteiger partial charge on any atom is 0.239 e. The molecule has 0 saturated heterocycles. The highest BCUT2D eigenvalue weighted by molar-refractivity contribution is 5.40. The number of nitrogens with one attached hydrogen (secondary N) is 1. The molecule has 0 bridgehead atoms. The summed E-state index contributed by atoms with van der Waals surface area (Å²) in [6.07, 6.45) is 5.36. The number of nitrogens with zero attached hydrogens (tertiary/aromatic N) is 3. The van der Waals surface area contributed by atoms with Crippen molar-refractivity contribution in [3.05, 3.63) is 12.3 Å². The molecule has 0 aliphatic carbocycles. The van der Waals surface area contributed by atoms with Crippen molar-refractivity contribution < 1.29 is 0 Å². The van der Waals surface area contributed by atoms with Crippen LogP contribution in [0.15, 0.2) is 12.3 Å². The molecule has 0 aliphatic rings. The van der Waals surface area contributed by atoms with Gasteiger partial charge in [-0.2, -0.15) is 4.98 Å². The predicted octanol–water partition coefficient (Wildman–Crippen LogP) is 1.39. The Bertz CT molecular complexity index is 289. The monoisotopic (exact) mass is 209 g/mol. The van der Waals surface area contributed by atoms with Crippen LogP contribution < -0.4 is 16.2 Å². The maximum atomic E-state index is 5.25. The fourth-order valence-corrected chi connectivity index (χ4v) is 1.34. The summed E-state index contributed by atoms with van der Waals surface area (Å²) in [5.74, 6) is 6.60. The molecule has 1 aromatic rings. The lowest BCUT2D eigenvalue weighted by atomic mass is 10.2. The smallest absolute Gasteiger partial charge is 0.239 e. The number of aromatic nitrogens is 2. The largest absolute Gasteiger partial charge is 0.360 e. The highest BCUT2D eigenvalue weighted by Crippen LogP contribution is 2.10. The average molecular weight is 209 g/mol. The highest BCUT2D eigenvalue weighted by atomic mass is 15.3. The van der Waals surface area contributed by atoms with Gasteiger partial charge < -0.3 is 4.90 Å². The molecule has 15 heavy (non-hydrogen) atoms. The molecule has 0 spiro atoms. The minimum absolute atomic E-state index is 0.454. The van der Waals surface area contributed by atoms with E-state index in [-0.39, 0.29) is 0 Å². The zero-order valence-corrected chi connectivity index (χ0v) is 9.40. The van der Waals surface area contributed by atoms with Crippen LogP contribution in [0, 0.1) is 0 Å². The molecule has 5 nitrogen and oxygen atoms in total. The third-order valence-corrected chi connectivity index (χ3v) is 2.26. The average Bonchev–Trinajstić information content (AvgIpc) is 2.29. The number of hydrogen-bond donors (Lipinski definition) is 2. The summed E-state index contributed by atoms with van der Waals surface area (Å²) >= 11 is 0. The lowest BCUT2D eigenvalue weighted by molar-refractivity contribution is 0.701. The Labute approximate surface area is 90.7 Å². The number of nitrogen functional groups attached to an aromatic ring is 1. The molecule has 5 heteroatoms. The highest BCUT2D eigenvalue weighted by Gasteiger charge is 2.02. The molecule has 1 aromatic heterocycles. The molecule has 84 valence electrons. The number of hydrazine groups is 1. The molecule has 0 unspecified atom stereocenters. The van der Waals surface area contributed by atoms with Gasteiger partial charge in [0.1, 0.15) is 5.82 Å². The Morgan fingerprint density at radius 2 is 2.27 bits per heavy atom. The second kappa shape index (κ2) is 6.19. The molecule has 0 aromatic carbocycles. The third kappa shape index (κ3) is 3.71. The first-order chi connectivity index (χ1) is 7.27. The molecular weight excluding hydrogens is 190 g/mol. The molecule has 1 heterocycles. The number of hydrogen-bond acceptors (Lipinski definition) is 5. The number of nitrogens with two attached hydrogens (primary N) is 1. The van der Waals surface area contributed by atoms with Crippen LogP contribution in [0.3, 0.4) is 0 Å². The summed E-state index contributed by atoms with van der Waals surface area (Å²) in [5.41, 5.74) is 2.44. The van der Waals surface area contributed by atoms with Crippen molar-refractivity contribution in [2.24, 2.45) is 5.84 Å². The van der Waals surface area contributed by atoms with Crippen LogP contribution in [0.1, 0.15) is 26.2 Å². The lowest BCUT2D eigenvalue weighted by Crippen LogP contribution is -2.21. The van der Waals surface area contributed by atoms with Crippen molar-refractivity contribution in [1.82, 2.24) is 9.97 Å². The molecule has 0 saturated carbocycles. The molecule has 0 atom stereocenters. The summed E-state index contributed by atoms with van der Waals surface area (Å²) in [7, 11) is 2.03. The molecule has 3 N–H and O–H groups in total. The van der Waals surface area contributed by atoms with Gasteiger partial charge in [-0.25, -0.2) is 10.8 Å². The lowest BCUT2D eigenvalue weighted by Gasteiger charge is -2.17. The van der Waals surface area contributed by atoms with E-state index in [1.165, 1.54) is 19.3 Å². The van der Waals surface area contributed by atoms with Gasteiger partial charge in [0, 0.05) is 19.8 Å². The predicted molar refractivity (Wildman–Crippen MR) is 62.6 cm³/mol. The quantitative estimate of drug-likeness (QED) is 0.421. The van der Waals surface area contributed by atoms with E-state index in [1.54, 1.807) is 6.20 Å². The van der Waals surface area contributed by atoms with E-state index < -0.39 is 0 Å². The molecule has 0 fully saturated rings. The zero-order valence-electron chi connectivity index (χ0n) is 9.40. The summed E-state index contributed by atoms with van der Waals surface area (Å²) in [6, 6.07) is 1.88. The van der Waals surface area contributed by atoms with Crippen molar-refractivity contribution in [3.8, 4) is 0 Å². The Hall–Kier alpha value is -1.36. The van der Waals surface area contributed by atoms with Crippen molar-refractivity contribution in [2.45, 2.75) is 26.2 Å². The molecule has 1 rings (SSSR count). The van der Waals surface area contributed by atoms with E-state index in [2.05, 4.69) is 27.2 Å². The van der Waals surface area contributed by atoms with Crippen molar-refractivity contribution in [3.63, 3.8) is 0 Å². The third-order valence-electron chi connectivity index (χ3n) is 2.26. The van der Waals surface area contributed by atoms with Gasteiger partial charge in [0.15, 0.2) is 0 Å².